The van der Waals surface area contributed by atoms with Gasteiger partial charge in [-0.2, -0.15) is 0 Å². The van der Waals surface area contributed by atoms with Crippen LogP contribution in [0, 0.1) is 17.5 Å². The van der Waals surface area contributed by atoms with E-state index in [-0.39, 0.29) is 29.3 Å². The molecule has 0 fully saturated rings. The summed E-state index contributed by atoms with van der Waals surface area (Å²) in [6, 6.07) is 11.3. The number of amides is 1. The maximum atomic E-state index is 13.7. The van der Waals surface area contributed by atoms with Crippen LogP contribution < -0.4 is 10.6 Å². The predicted molar refractivity (Wildman–Crippen MR) is 96.3 cm³/mol. The minimum absolute atomic E-state index is 0.213. The maximum absolute atomic E-state index is 13.7. The number of carbonyl (C=O) groups is 1. The maximum Gasteiger partial charge on any atom is 0.252 e. The molecule has 0 saturated carbocycles. The summed E-state index contributed by atoms with van der Waals surface area (Å²) >= 11 is 0. The summed E-state index contributed by atoms with van der Waals surface area (Å²) in [5.41, 5.74) is 0.656. The Morgan fingerprint density at radius 3 is 2.37 bits per heavy atom. The number of hydrogen-bond donors (Lipinski definition) is 2. The Balaban J connectivity index is 1.64. The minimum Gasteiger partial charge on any atom is -0.352 e. The van der Waals surface area contributed by atoms with Gasteiger partial charge >= 0.3 is 0 Å². The van der Waals surface area contributed by atoms with Gasteiger partial charge in [-0.05, 0) is 36.2 Å². The van der Waals surface area contributed by atoms with Crippen molar-refractivity contribution in [3.8, 4) is 0 Å². The number of anilines is 2. The van der Waals surface area contributed by atoms with E-state index in [0.29, 0.717) is 12.0 Å². The molecule has 0 radical (unpaired) electrons. The molecule has 3 rings (SSSR count). The number of nitrogens with one attached hydrogen (secondary N) is 2. The van der Waals surface area contributed by atoms with E-state index in [0.717, 1.165) is 12.1 Å². The normalized spacial score (nSPS) is 10.5. The third-order valence-electron chi connectivity index (χ3n) is 3.87. The first-order chi connectivity index (χ1) is 13.0. The fraction of sp³-hybridized carbons (Fsp3) is 0.100. The molecule has 138 valence electrons. The lowest BCUT2D eigenvalue weighted by Crippen LogP contribution is -2.26. The van der Waals surface area contributed by atoms with Gasteiger partial charge in [0.2, 0.25) is 0 Å². The van der Waals surface area contributed by atoms with Crippen molar-refractivity contribution in [2.75, 3.05) is 11.9 Å². The Hall–Kier alpha value is -3.35. The van der Waals surface area contributed by atoms with E-state index in [1.165, 1.54) is 30.6 Å². The topological polar surface area (TPSA) is 54.0 Å². The van der Waals surface area contributed by atoms with Gasteiger partial charge < -0.3 is 10.6 Å². The predicted octanol–water partition coefficient (Wildman–Crippen LogP) is 4.22. The van der Waals surface area contributed by atoms with Crippen LogP contribution in [0.1, 0.15) is 15.9 Å². The van der Waals surface area contributed by atoms with Crippen LogP contribution in [0.15, 0.2) is 60.9 Å². The van der Waals surface area contributed by atoms with Crippen LogP contribution in [-0.4, -0.2) is 17.4 Å². The molecule has 0 aliphatic rings. The van der Waals surface area contributed by atoms with Crippen molar-refractivity contribution in [3.05, 3.63) is 89.5 Å². The zero-order valence-corrected chi connectivity index (χ0v) is 14.2. The third kappa shape index (κ3) is 4.63. The second-order valence-electron chi connectivity index (χ2n) is 5.78. The second kappa shape index (κ2) is 8.35. The molecule has 4 nitrogen and oxygen atoms in total. The average molecular weight is 371 g/mol. The van der Waals surface area contributed by atoms with E-state index in [9.17, 15) is 18.0 Å². The number of para-hydroxylation sites is 1. The smallest absolute Gasteiger partial charge is 0.252 e. The summed E-state index contributed by atoms with van der Waals surface area (Å²) in [6.45, 7) is 0.235. The summed E-state index contributed by atoms with van der Waals surface area (Å²) in [4.78, 5) is 16.2. The highest BCUT2D eigenvalue weighted by Crippen LogP contribution is 2.23. The molecule has 1 heterocycles. The molecule has 1 aromatic heterocycles. The molecule has 0 unspecified atom stereocenters. The Morgan fingerprint density at radius 2 is 1.63 bits per heavy atom. The van der Waals surface area contributed by atoms with Crippen LogP contribution in [0.5, 0.6) is 0 Å². The number of benzene rings is 2. The Kier molecular flexibility index (Phi) is 5.71. The van der Waals surface area contributed by atoms with Crippen molar-refractivity contribution in [2.24, 2.45) is 0 Å². The van der Waals surface area contributed by atoms with Crippen molar-refractivity contribution in [3.63, 3.8) is 0 Å². The van der Waals surface area contributed by atoms with Gasteiger partial charge in [-0.25, -0.2) is 13.2 Å². The fourth-order valence-electron chi connectivity index (χ4n) is 2.51. The third-order valence-corrected chi connectivity index (χ3v) is 3.87. The molecule has 1 amide bonds. The highest BCUT2D eigenvalue weighted by Gasteiger charge is 2.11. The SMILES string of the molecule is O=C(NCCc1ccccc1F)c1cncc(Nc2c(F)cccc2F)c1. The Morgan fingerprint density at radius 1 is 0.926 bits per heavy atom. The van der Waals surface area contributed by atoms with Gasteiger partial charge in [-0.15, -0.1) is 0 Å². The molecule has 7 heteroatoms. The Bertz CT molecular complexity index is 942. The Labute approximate surface area is 154 Å². The molecule has 0 spiro atoms. The number of rotatable bonds is 6. The number of aromatic nitrogens is 1. The van der Waals surface area contributed by atoms with Gasteiger partial charge in [0.05, 0.1) is 17.4 Å². The first-order valence-electron chi connectivity index (χ1n) is 8.22. The number of pyridine rings is 1. The molecule has 0 aliphatic carbocycles. The monoisotopic (exact) mass is 371 g/mol. The van der Waals surface area contributed by atoms with E-state index in [2.05, 4.69) is 15.6 Å². The molecule has 0 saturated heterocycles. The molecule has 2 N–H and O–H groups in total. The summed E-state index contributed by atoms with van der Waals surface area (Å²) in [5, 5.41) is 5.25. The number of hydrogen-bond acceptors (Lipinski definition) is 3. The fourth-order valence-corrected chi connectivity index (χ4v) is 2.51. The molecule has 0 aliphatic heterocycles. The number of halogens is 3. The highest BCUT2D eigenvalue weighted by molar-refractivity contribution is 5.94. The first kappa shape index (κ1) is 18.4. The van der Waals surface area contributed by atoms with Crippen LogP contribution in [0.25, 0.3) is 0 Å². The van der Waals surface area contributed by atoms with Crippen molar-refractivity contribution in [2.45, 2.75) is 6.42 Å². The number of carbonyl (C=O) groups excluding carboxylic acids is 1. The summed E-state index contributed by atoms with van der Waals surface area (Å²) < 4.78 is 41.0. The lowest BCUT2D eigenvalue weighted by Gasteiger charge is -2.10. The largest absolute Gasteiger partial charge is 0.352 e. The van der Waals surface area contributed by atoms with Crippen molar-refractivity contribution >= 4 is 17.3 Å². The van der Waals surface area contributed by atoms with E-state index < -0.39 is 17.5 Å². The second-order valence-corrected chi connectivity index (χ2v) is 5.78. The van der Waals surface area contributed by atoms with Gasteiger partial charge in [-0.1, -0.05) is 24.3 Å². The van der Waals surface area contributed by atoms with Gasteiger partial charge in [0.25, 0.3) is 5.91 Å². The van der Waals surface area contributed by atoms with Crippen LogP contribution in [0.4, 0.5) is 24.5 Å². The molecule has 3 aromatic rings. The zero-order chi connectivity index (χ0) is 19.2. The van der Waals surface area contributed by atoms with Gasteiger partial charge in [0.15, 0.2) is 0 Å². The van der Waals surface area contributed by atoms with Crippen molar-refractivity contribution in [1.82, 2.24) is 10.3 Å². The molecule has 27 heavy (non-hydrogen) atoms. The van der Waals surface area contributed by atoms with Crippen LogP contribution in [0.3, 0.4) is 0 Å². The first-order valence-corrected chi connectivity index (χ1v) is 8.22. The quantitative estimate of drug-likeness (QED) is 0.682. The molecular formula is C20H16F3N3O. The van der Waals surface area contributed by atoms with Crippen molar-refractivity contribution in [1.29, 1.82) is 0 Å². The summed E-state index contributed by atoms with van der Waals surface area (Å²) in [7, 11) is 0. The molecule has 2 aromatic carbocycles. The summed E-state index contributed by atoms with van der Waals surface area (Å²) in [6.07, 6.45) is 3.02. The molecule has 0 bridgehead atoms. The van der Waals surface area contributed by atoms with Crippen LogP contribution >= 0.6 is 0 Å². The van der Waals surface area contributed by atoms with E-state index in [1.807, 2.05) is 0 Å². The lowest BCUT2D eigenvalue weighted by molar-refractivity contribution is 0.0953. The van der Waals surface area contributed by atoms with Gasteiger partial charge in [-0.3, -0.25) is 9.78 Å². The molecular weight excluding hydrogens is 355 g/mol. The standard InChI is InChI=1S/C20H16F3N3O/c21-16-5-2-1-4-13(16)8-9-25-20(27)14-10-15(12-24-11-14)26-19-17(22)6-3-7-18(19)23/h1-7,10-12,26H,8-9H2,(H,25,27). The molecule has 0 atom stereocenters. The summed E-state index contributed by atoms with van der Waals surface area (Å²) in [5.74, 6) is -2.26. The van der Waals surface area contributed by atoms with E-state index in [4.69, 9.17) is 0 Å². The van der Waals surface area contributed by atoms with Crippen LogP contribution in [0.2, 0.25) is 0 Å². The highest BCUT2D eigenvalue weighted by atomic mass is 19.1. The lowest BCUT2D eigenvalue weighted by atomic mass is 10.1. The zero-order valence-electron chi connectivity index (χ0n) is 14.2. The average Bonchev–Trinajstić information content (AvgIpc) is 2.66. The van der Waals surface area contributed by atoms with Crippen molar-refractivity contribution < 1.29 is 18.0 Å². The number of nitrogens with zero attached hydrogens (tertiary/aromatic N) is 1. The van der Waals surface area contributed by atoms with Crippen LogP contribution in [-0.2, 0) is 6.42 Å². The van der Waals surface area contributed by atoms with E-state index >= 15 is 0 Å². The minimum atomic E-state index is -0.755. The van der Waals surface area contributed by atoms with E-state index in [1.54, 1.807) is 18.2 Å². The van der Waals surface area contributed by atoms with Gasteiger partial charge in [0, 0.05) is 12.7 Å². The van der Waals surface area contributed by atoms with Gasteiger partial charge in [0.1, 0.15) is 23.1 Å².